The molecule has 24 heteroatoms. The molecule has 1 aliphatic heterocycles. The molecule has 1 fully saturated rings. The second-order valence-electron chi connectivity index (χ2n) is 21.4. The van der Waals surface area contributed by atoms with E-state index in [0.717, 1.165) is 0 Å². The maximum absolute atomic E-state index is 14.5. The predicted molar refractivity (Wildman–Crippen MR) is 288 cm³/mol. The van der Waals surface area contributed by atoms with Gasteiger partial charge in [-0.15, -0.1) is 0 Å². The fourth-order valence-electron chi connectivity index (χ4n) is 8.39. The Morgan fingerprint density at radius 1 is 0.494 bits per heavy atom. The minimum atomic E-state index is -1.65. The van der Waals surface area contributed by atoms with Crippen molar-refractivity contribution in [1.29, 1.82) is 0 Å². The van der Waals surface area contributed by atoms with E-state index in [1.807, 2.05) is 13.8 Å². The Morgan fingerprint density at radius 2 is 0.883 bits per heavy atom. The van der Waals surface area contributed by atoms with Crippen LogP contribution in [0.4, 0.5) is 0 Å². The number of hydrogen-bond acceptors (Lipinski definition) is 15. The van der Waals surface area contributed by atoms with Crippen molar-refractivity contribution in [3.63, 3.8) is 0 Å². The summed E-state index contributed by atoms with van der Waals surface area (Å²) in [6.45, 7) is 16.1. The van der Waals surface area contributed by atoms with Crippen molar-refractivity contribution in [3.05, 3.63) is 35.9 Å². The van der Waals surface area contributed by atoms with Crippen LogP contribution in [0.25, 0.3) is 0 Å². The van der Waals surface area contributed by atoms with E-state index in [9.17, 15) is 53.1 Å². The van der Waals surface area contributed by atoms with Crippen molar-refractivity contribution in [2.24, 2.45) is 46.8 Å². The third kappa shape index (κ3) is 22.7. The number of carbonyl (C=O) groups excluding carboxylic acids is 10. The largest absolute Gasteiger partial charge is 0.460 e. The van der Waals surface area contributed by atoms with Crippen LogP contribution in [-0.4, -0.2) is 151 Å². The third-order valence-corrected chi connectivity index (χ3v) is 13.1. The van der Waals surface area contributed by atoms with Crippen LogP contribution < -0.4 is 65.1 Å². The Morgan fingerprint density at radius 3 is 1.34 bits per heavy atom. The van der Waals surface area contributed by atoms with E-state index in [-0.39, 0.29) is 70.0 Å². The van der Waals surface area contributed by atoms with Gasteiger partial charge in [0.15, 0.2) is 6.04 Å². The number of hydrogen-bond donors (Lipinski definition) is 13. The van der Waals surface area contributed by atoms with Crippen LogP contribution in [0.5, 0.6) is 0 Å². The van der Waals surface area contributed by atoms with E-state index < -0.39 is 150 Å². The molecule has 1 aromatic carbocycles. The summed E-state index contributed by atoms with van der Waals surface area (Å²) in [5.41, 5.74) is 18.4. The van der Waals surface area contributed by atoms with Gasteiger partial charge >= 0.3 is 5.97 Å². The average molecular weight is 1090 g/mol. The lowest BCUT2D eigenvalue weighted by Gasteiger charge is -2.30. The molecule has 11 atom stereocenters. The van der Waals surface area contributed by atoms with Gasteiger partial charge in [0.05, 0.1) is 13.0 Å². The van der Waals surface area contributed by atoms with Crippen molar-refractivity contribution in [3.8, 4) is 0 Å². The Bertz CT molecular complexity index is 2110. The SMILES string of the molecule is CC[C@H](C)[C@H]1NC(=O)[C@H](CCN)NC(=O)C[C@H](C(C)C)OC(=O)[C@@H](CO)NC(=O)[C@@H](CC(C)C)NC(=O)[C@@H](C(C)C)NC(=O)[C@H](CCN)NC(=O)[C@@H](CC(C)C)NC(=O)[C@@H](Cc2ccccc2)NC(=O)[C@H](CCN)NC1=O. The summed E-state index contributed by atoms with van der Waals surface area (Å²) in [7, 11) is 0. The number of carbonyl (C=O) groups is 10. The van der Waals surface area contributed by atoms with Crippen molar-refractivity contribution >= 4 is 59.1 Å². The first-order chi connectivity index (χ1) is 36.3. The highest BCUT2D eigenvalue weighted by atomic mass is 16.5. The maximum Gasteiger partial charge on any atom is 0.331 e. The zero-order chi connectivity index (χ0) is 58.1. The number of amides is 9. The molecule has 0 radical (unpaired) electrons. The first kappa shape index (κ1) is 66.9. The Labute approximate surface area is 453 Å². The van der Waals surface area contributed by atoms with Crippen LogP contribution in [0.1, 0.15) is 120 Å². The molecule has 24 nitrogen and oxygen atoms in total. The first-order valence-electron chi connectivity index (χ1n) is 27.0. The molecule has 0 bridgehead atoms. The summed E-state index contributed by atoms with van der Waals surface area (Å²) in [5.74, 6) is -10.1. The summed E-state index contributed by atoms with van der Waals surface area (Å²) in [4.78, 5) is 141. The van der Waals surface area contributed by atoms with Gasteiger partial charge in [-0.25, -0.2) is 4.79 Å². The molecule has 1 aliphatic rings. The first-order valence-corrected chi connectivity index (χ1v) is 27.0. The monoisotopic (exact) mass is 1090 g/mol. The Balaban J connectivity index is 2.80. The minimum absolute atomic E-state index is 0.0532. The lowest BCUT2D eigenvalue weighted by molar-refractivity contribution is -0.158. The van der Waals surface area contributed by atoms with Gasteiger partial charge < -0.3 is 74.9 Å². The van der Waals surface area contributed by atoms with E-state index in [2.05, 4.69) is 47.9 Å². The molecular weight excluding hydrogens is 997 g/mol. The number of aliphatic hydroxyl groups excluding tert-OH is 1. The standard InChI is InChI=1S/C53H90N12O12/c1-11-32(10)44-52(75)59-35(18-21-55)45(68)61-39(25-33-15-13-12-14-16-33)50(73)60-37(23-28(2)3)48(71)58-36(19-22-56)47(70)64-43(31(8)9)51(74)62-38(24-29(4)5)49(72)63-40(27-66)53(76)77-41(30(6)7)26-42(67)57-34(17-20-54)46(69)65-44/h12-16,28-32,34-41,43-44,66H,11,17-27,54-56H2,1-10H3,(H,57,67)(H,58,71)(H,59,75)(H,60,73)(H,61,68)(H,62,74)(H,63,72)(H,64,70)(H,65,69)/t32-,34-,35-,36-,37+,38+,39+,40+,41+,43+,44+/m0/s1. The number of ether oxygens (including phenoxy) is 1. The topological polar surface area (TPSA) is 386 Å². The number of aliphatic hydroxyl groups is 1. The molecule has 16 N–H and O–H groups in total. The fraction of sp³-hybridized carbons (Fsp3) is 0.698. The van der Waals surface area contributed by atoms with Crippen molar-refractivity contribution in [2.45, 2.75) is 181 Å². The number of rotatable bonds is 17. The second kappa shape index (κ2) is 33.8. The highest BCUT2D eigenvalue weighted by Gasteiger charge is 2.38. The molecule has 1 heterocycles. The fourth-order valence-corrected chi connectivity index (χ4v) is 8.39. The number of cyclic esters (lactones) is 1. The molecule has 77 heavy (non-hydrogen) atoms. The van der Waals surface area contributed by atoms with Crippen LogP contribution in [0.15, 0.2) is 30.3 Å². The van der Waals surface area contributed by atoms with Gasteiger partial charge in [0.2, 0.25) is 53.2 Å². The van der Waals surface area contributed by atoms with E-state index in [1.54, 1.807) is 85.7 Å². The van der Waals surface area contributed by atoms with Crippen molar-refractivity contribution in [1.82, 2.24) is 47.9 Å². The van der Waals surface area contributed by atoms with Crippen molar-refractivity contribution < 1.29 is 57.8 Å². The Hall–Kier alpha value is -6.24. The van der Waals surface area contributed by atoms with Crippen LogP contribution in [0.2, 0.25) is 0 Å². The third-order valence-electron chi connectivity index (χ3n) is 13.1. The summed E-state index contributed by atoms with van der Waals surface area (Å²) in [5, 5.41) is 34.3. The van der Waals surface area contributed by atoms with Crippen LogP contribution >= 0.6 is 0 Å². The van der Waals surface area contributed by atoms with Gasteiger partial charge in [-0.2, -0.15) is 0 Å². The summed E-state index contributed by atoms with van der Waals surface area (Å²) in [6, 6.07) is -3.27. The molecule has 2 rings (SSSR count). The highest BCUT2D eigenvalue weighted by Crippen LogP contribution is 2.16. The summed E-state index contributed by atoms with van der Waals surface area (Å²) < 4.78 is 5.69. The highest BCUT2D eigenvalue weighted by molar-refractivity contribution is 5.98. The van der Waals surface area contributed by atoms with Crippen molar-refractivity contribution in [2.75, 3.05) is 26.2 Å². The van der Waals surface area contributed by atoms with E-state index in [4.69, 9.17) is 21.9 Å². The number of nitrogens with one attached hydrogen (secondary N) is 9. The Kier molecular flexibility index (Phi) is 29.4. The molecule has 0 spiro atoms. The van der Waals surface area contributed by atoms with Crippen LogP contribution in [0.3, 0.4) is 0 Å². The molecule has 1 aromatic rings. The lowest BCUT2D eigenvalue weighted by Crippen LogP contribution is -2.61. The zero-order valence-corrected chi connectivity index (χ0v) is 46.7. The molecule has 0 aliphatic carbocycles. The van der Waals surface area contributed by atoms with Gasteiger partial charge in [0, 0.05) is 6.42 Å². The van der Waals surface area contributed by atoms with Crippen LogP contribution in [0, 0.1) is 29.6 Å². The van der Waals surface area contributed by atoms with Gasteiger partial charge in [0.25, 0.3) is 0 Å². The summed E-state index contributed by atoms with van der Waals surface area (Å²) >= 11 is 0. The second-order valence-corrected chi connectivity index (χ2v) is 21.4. The van der Waals surface area contributed by atoms with E-state index >= 15 is 0 Å². The molecule has 0 saturated carbocycles. The minimum Gasteiger partial charge on any atom is -0.460 e. The van der Waals surface area contributed by atoms with E-state index in [0.29, 0.717) is 12.0 Å². The smallest absolute Gasteiger partial charge is 0.331 e. The summed E-state index contributed by atoms with van der Waals surface area (Å²) in [6.07, 6.45) is -1.43. The normalized spacial score (nSPS) is 26.5. The lowest BCUT2D eigenvalue weighted by atomic mass is 9.96. The van der Waals surface area contributed by atoms with E-state index in [1.165, 1.54) is 0 Å². The quantitative estimate of drug-likeness (QED) is 0.0782. The molecule has 0 aromatic heterocycles. The van der Waals surface area contributed by atoms with Gasteiger partial charge in [-0.1, -0.05) is 106 Å². The molecule has 9 amide bonds. The van der Waals surface area contributed by atoms with Gasteiger partial charge in [0.1, 0.15) is 54.4 Å². The molecular formula is C53H90N12O12. The molecule has 0 unspecified atom stereocenters. The predicted octanol–water partition coefficient (Wildman–Crippen LogP) is -1.60. The van der Waals surface area contributed by atoms with Gasteiger partial charge in [-0.05, 0) is 86.9 Å². The average Bonchev–Trinajstić information content (AvgIpc) is 3.36. The number of esters is 1. The molecule has 434 valence electrons. The molecule has 1 saturated heterocycles. The zero-order valence-electron chi connectivity index (χ0n) is 46.7. The van der Waals surface area contributed by atoms with Gasteiger partial charge in [-0.3, -0.25) is 43.2 Å². The number of benzene rings is 1. The maximum atomic E-state index is 14.5. The number of nitrogens with two attached hydrogens (primary N) is 3. The van der Waals surface area contributed by atoms with Crippen LogP contribution in [-0.2, 0) is 59.1 Å².